The molecule has 1 aromatic rings. The van der Waals surface area contributed by atoms with E-state index in [4.69, 9.17) is 14.6 Å². The molecule has 1 N–H and O–H groups in total. The first-order chi connectivity index (χ1) is 7.60. The van der Waals surface area contributed by atoms with E-state index < -0.39 is 5.97 Å². The minimum absolute atomic E-state index is 0.0729. The van der Waals surface area contributed by atoms with E-state index in [9.17, 15) is 4.79 Å². The lowest BCUT2D eigenvalue weighted by molar-refractivity contribution is -0.137. The first-order valence-corrected chi connectivity index (χ1v) is 5.02. The van der Waals surface area contributed by atoms with Crippen molar-refractivity contribution in [3.05, 3.63) is 23.8 Å². The molecule has 4 nitrogen and oxygen atoms in total. The second kappa shape index (κ2) is 5.39. The summed E-state index contributed by atoms with van der Waals surface area (Å²) in [7, 11) is 3.11. The lowest BCUT2D eigenvalue weighted by Gasteiger charge is -2.16. The number of methoxy groups -OCH3 is 2. The second-order valence-electron chi connectivity index (χ2n) is 3.58. The van der Waals surface area contributed by atoms with E-state index >= 15 is 0 Å². The van der Waals surface area contributed by atoms with E-state index in [2.05, 4.69) is 0 Å². The van der Waals surface area contributed by atoms with Crippen LogP contribution in [0.1, 0.15) is 24.8 Å². The van der Waals surface area contributed by atoms with Crippen LogP contribution in [0.25, 0.3) is 0 Å². The van der Waals surface area contributed by atoms with Crippen LogP contribution in [0, 0.1) is 0 Å². The SMILES string of the molecule is COc1cccc(C(C)CC(=O)O)c1OC. The lowest BCUT2D eigenvalue weighted by Crippen LogP contribution is -2.05. The number of carboxylic acid groups (broad SMARTS) is 1. The maximum absolute atomic E-state index is 10.7. The zero-order valence-corrected chi connectivity index (χ0v) is 9.69. The number of aliphatic carboxylic acids is 1. The molecule has 0 radical (unpaired) electrons. The molecule has 1 aromatic carbocycles. The quantitative estimate of drug-likeness (QED) is 0.833. The molecular weight excluding hydrogens is 208 g/mol. The highest BCUT2D eigenvalue weighted by molar-refractivity contribution is 5.68. The Morgan fingerprint density at radius 2 is 2.06 bits per heavy atom. The number of hydrogen-bond acceptors (Lipinski definition) is 3. The van der Waals surface area contributed by atoms with Crippen molar-refractivity contribution in [1.29, 1.82) is 0 Å². The van der Waals surface area contributed by atoms with Gasteiger partial charge >= 0.3 is 5.97 Å². The van der Waals surface area contributed by atoms with Crippen LogP contribution in [0.3, 0.4) is 0 Å². The van der Waals surface area contributed by atoms with Gasteiger partial charge in [-0.3, -0.25) is 4.79 Å². The van der Waals surface area contributed by atoms with Gasteiger partial charge in [-0.05, 0) is 12.0 Å². The average Bonchev–Trinajstić information content (AvgIpc) is 2.26. The largest absolute Gasteiger partial charge is 0.493 e. The molecule has 0 aromatic heterocycles. The van der Waals surface area contributed by atoms with Crippen molar-refractivity contribution in [3.8, 4) is 11.5 Å². The van der Waals surface area contributed by atoms with Gasteiger partial charge < -0.3 is 14.6 Å². The molecule has 0 fully saturated rings. The molecule has 0 amide bonds. The van der Waals surface area contributed by atoms with E-state index in [-0.39, 0.29) is 12.3 Å². The minimum atomic E-state index is -0.822. The van der Waals surface area contributed by atoms with Gasteiger partial charge in [-0.25, -0.2) is 0 Å². The highest BCUT2D eigenvalue weighted by Crippen LogP contribution is 2.36. The van der Waals surface area contributed by atoms with Gasteiger partial charge in [0, 0.05) is 5.56 Å². The predicted molar refractivity (Wildman–Crippen MR) is 60.2 cm³/mol. The molecule has 88 valence electrons. The predicted octanol–water partition coefficient (Wildman–Crippen LogP) is 2.28. The van der Waals surface area contributed by atoms with Gasteiger partial charge in [0.1, 0.15) is 0 Å². The summed E-state index contributed by atoms with van der Waals surface area (Å²) in [5.74, 6) is 0.302. The van der Waals surface area contributed by atoms with E-state index in [1.807, 2.05) is 19.1 Å². The lowest BCUT2D eigenvalue weighted by atomic mass is 9.96. The molecule has 0 bridgehead atoms. The molecular formula is C12H16O4. The first kappa shape index (κ1) is 12.4. The molecule has 0 spiro atoms. The average molecular weight is 224 g/mol. The van der Waals surface area contributed by atoms with E-state index in [1.54, 1.807) is 20.3 Å². The number of ether oxygens (including phenoxy) is 2. The van der Waals surface area contributed by atoms with Crippen LogP contribution in [0.15, 0.2) is 18.2 Å². The third kappa shape index (κ3) is 2.66. The fourth-order valence-electron chi connectivity index (χ4n) is 1.67. The van der Waals surface area contributed by atoms with Crippen molar-refractivity contribution in [2.75, 3.05) is 14.2 Å². The summed E-state index contributed by atoms with van der Waals surface area (Å²) in [6, 6.07) is 5.47. The summed E-state index contributed by atoms with van der Waals surface area (Å²) in [4.78, 5) is 10.7. The number of rotatable bonds is 5. The zero-order chi connectivity index (χ0) is 12.1. The van der Waals surface area contributed by atoms with Gasteiger partial charge in [0.25, 0.3) is 0 Å². The maximum atomic E-state index is 10.7. The molecule has 0 heterocycles. The van der Waals surface area contributed by atoms with E-state index in [0.29, 0.717) is 11.5 Å². The summed E-state index contributed by atoms with van der Waals surface area (Å²) >= 11 is 0. The van der Waals surface area contributed by atoms with Crippen molar-refractivity contribution in [1.82, 2.24) is 0 Å². The third-order valence-corrected chi connectivity index (χ3v) is 2.45. The summed E-state index contributed by atoms with van der Waals surface area (Å²) < 4.78 is 10.4. The molecule has 0 aliphatic carbocycles. The Labute approximate surface area is 94.8 Å². The second-order valence-corrected chi connectivity index (χ2v) is 3.58. The fourth-order valence-corrected chi connectivity index (χ4v) is 1.67. The van der Waals surface area contributed by atoms with Crippen molar-refractivity contribution < 1.29 is 19.4 Å². The number of carbonyl (C=O) groups is 1. The van der Waals surface area contributed by atoms with Crippen molar-refractivity contribution in [2.24, 2.45) is 0 Å². The summed E-state index contributed by atoms with van der Waals surface area (Å²) in [5, 5.41) is 8.76. The topological polar surface area (TPSA) is 55.8 Å². The Kier molecular flexibility index (Phi) is 4.17. The Balaban J connectivity index is 3.07. The molecule has 1 atom stereocenters. The van der Waals surface area contributed by atoms with Gasteiger partial charge in [0.15, 0.2) is 11.5 Å². The number of para-hydroxylation sites is 1. The molecule has 4 heteroatoms. The molecule has 0 saturated heterocycles. The molecule has 0 aliphatic heterocycles. The van der Waals surface area contributed by atoms with Gasteiger partial charge in [-0.2, -0.15) is 0 Å². The normalized spacial score (nSPS) is 11.9. The van der Waals surface area contributed by atoms with Crippen LogP contribution in [0.4, 0.5) is 0 Å². The van der Waals surface area contributed by atoms with Gasteiger partial charge in [0.2, 0.25) is 0 Å². The monoisotopic (exact) mass is 224 g/mol. The van der Waals surface area contributed by atoms with Gasteiger partial charge in [-0.1, -0.05) is 19.1 Å². The highest BCUT2D eigenvalue weighted by Gasteiger charge is 2.17. The smallest absolute Gasteiger partial charge is 0.303 e. The van der Waals surface area contributed by atoms with E-state index in [0.717, 1.165) is 5.56 Å². The van der Waals surface area contributed by atoms with Crippen LogP contribution in [-0.4, -0.2) is 25.3 Å². The van der Waals surface area contributed by atoms with Crippen LogP contribution < -0.4 is 9.47 Å². The molecule has 0 aliphatic rings. The maximum Gasteiger partial charge on any atom is 0.303 e. The first-order valence-electron chi connectivity index (χ1n) is 5.02. The van der Waals surface area contributed by atoms with Crippen molar-refractivity contribution in [3.63, 3.8) is 0 Å². The number of carboxylic acids is 1. The Hall–Kier alpha value is -1.71. The Morgan fingerprint density at radius 3 is 2.56 bits per heavy atom. The molecule has 16 heavy (non-hydrogen) atoms. The Morgan fingerprint density at radius 1 is 1.38 bits per heavy atom. The summed E-state index contributed by atoms with van der Waals surface area (Å²) in [6.07, 6.45) is 0.0729. The van der Waals surface area contributed by atoms with Crippen molar-refractivity contribution in [2.45, 2.75) is 19.3 Å². The molecule has 1 rings (SSSR count). The van der Waals surface area contributed by atoms with E-state index in [1.165, 1.54) is 0 Å². The van der Waals surface area contributed by atoms with Crippen LogP contribution in [0.2, 0.25) is 0 Å². The summed E-state index contributed by atoms with van der Waals surface area (Å²) in [5.41, 5.74) is 0.851. The summed E-state index contributed by atoms with van der Waals surface area (Å²) in [6.45, 7) is 1.85. The number of benzene rings is 1. The molecule has 0 saturated carbocycles. The van der Waals surface area contributed by atoms with Gasteiger partial charge in [-0.15, -0.1) is 0 Å². The molecule has 1 unspecified atom stereocenters. The van der Waals surface area contributed by atoms with Crippen molar-refractivity contribution >= 4 is 5.97 Å². The van der Waals surface area contributed by atoms with Crippen LogP contribution in [-0.2, 0) is 4.79 Å². The fraction of sp³-hybridized carbons (Fsp3) is 0.417. The third-order valence-electron chi connectivity index (χ3n) is 2.45. The minimum Gasteiger partial charge on any atom is -0.493 e. The standard InChI is InChI=1S/C12H16O4/c1-8(7-11(13)14)9-5-4-6-10(15-2)12(9)16-3/h4-6,8H,7H2,1-3H3,(H,13,14). The Bertz CT molecular complexity index is 373. The zero-order valence-electron chi connectivity index (χ0n) is 9.69. The highest BCUT2D eigenvalue weighted by atomic mass is 16.5. The van der Waals surface area contributed by atoms with Crippen LogP contribution in [0.5, 0.6) is 11.5 Å². The number of hydrogen-bond donors (Lipinski definition) is 1. The van der Waals surface area contributed by atoms with Gasteiger partial charge in [0.05, 0.1) is 20.6 Å². The van der Waals surface area contributed by atoms with Crippen LogP contribution >= 0.6 is 0 Å².